The molecule has 0 atom stereocenters. The highest BCUT2D eigenvalue weighted by Gasteiger charge is 2.13. The summed E-state index contributed by atoms with van der Waals surface area (Å²) in [7, 11) is 0. The molecule has 0 aliphatic heterocycles. The van der Waals surface area contributed by atoms with Crippen molar-refractivity contribution in [2.75, 3.05) is 0 Å². The fraction of sp³-hybridized carbons (Fsp3) is 0. The van der Waals surface area contributed by atoms with E-state index in [2.05, 4.69) is 14.8 Å². The number of hydrogen-bond donors (Lipinski definition) is 0. The Hall–Kier alpha value is -2.08. The Balaban J connectivity index is 1.87. The summed E-state index contributed by atoms with van der Waals surface area (Å²) in [5.41, 5.74) is 0.308. The van der Waals surface area contributed by atoms with Crippen LogP contribution >= 0.6 is 23.2 Å². The Morgan fingerprint density at radius 2 is 1.19 bits per heavy atom. The van der Waals surface area contributed by atoms with Crippen molar-refractivity contribution in [3.05, 3.63) is 69.7 Å². The first kappa shape index (κ1) is 15.3. The molecule has 2 aromatic carbocycles. The highest BCUT2D eigenvalue weighted by molar-refractivity contribution is 6.31. The summed E-state index contributed by atoms with van der Waals surface area (Å²) in [5.74, 6) is -1.70. The lowest BCUT2D eigenvalue weighted by Crippen LogP contribution is -2.11. The van der Waals surface area contributed by atoms with Crippen molar-refractivity contribution >= 4 is 35.1 Å². The minimum absolute atomic E-state index is 0.154. The molecular formula is C14H8Cl2O5. The third-order valence-corrected chi connectivity index (χ3v) is 2.81. The van der Waals surface area contributed by atoms with Crippen LogP contribution < -0.4 is 0 Å². The van der Waals surface area contributed by atoms with E-state index in [1.807, 2.05) is 0 Å². The molecule has 0 fully saturated rings. The average molecular weight is 327 g/mol. The molecule has 0 aromatic heterocycles. The largest absolute Gasteiger partial charge is 0.377 e. The zero-order valence-electron chi connectivity index (χ0n) is 10.4. The van der Waals surface area contributed by atoms with Crippen LogP contribution in [0.15, 0.2) is 48.5 Å². The second-order valence-corrected chi connectivity index (χ2v) is 4.70. The molecule has 0 unspecified atom stereocenters. The van der Waals surface area contributed by atoms with Gasteiger partial charge < -0.3 is 0 Å². The molecule has 7 heteroatoms. The van der Waals surface area contributed by atoms with Crippen molar-refractivity contribution in [1.82, 2.24) is 0 Å². The van der Waals surface area contributed by atoms with E-state index < -0.39 is 11.9 Å². The number of benzene rings is 2. The van der Waals surface area contributed by atoms with Crippen LogP contribution in [0.3, 0.4) is 0 Å². The van der Waals surface area contributed by atoms with E-state index in [9.17, 15) is 9.59 Å². The SMILES string of the molecule is O=C(OOOC(=O)c1cccc(Cl)c1)c1cccc(Cl)c1. The first-order valence-corrected chi connectivity index (χ1v) is 6.43. The van der Waals surface area contributed by atoms with E-state index in [4.69, 9.17) is 23.2 Å². The predicted octanol–water partition coefficient (Wildman–Crippen LogP) is 3.85. The minimum atomic E-state index is -0.851. The third-order valence-electron chi connectivity index (χ3n) is 2.34. The van der Waals surface area contributed by atoms with Crippen molar-refractivity contribution in [2.24, 2.45) is 0 Å². The van der Waals surface area contributed by atoms with Gasteiger partial charge in [0.1, 0.15) is 0 Å². The van der Waals surface area contributed by atoms with Crippen LogP contribution in [-0.4, -0.2) is 11.9 Å². The Morgan fingerprint density at radius 1 is 0.762 bits per heavy atom. The fourth-order valence-corrected chi connectivity index (χ4v) is 1.79. The normalized spacial score (nSPS) is 10.0. The molecule has 0 saturated heterocycles. The molecule has 2 rings (SSSR count). The van der Waals surface area contributed by atoms with Gasteiger partial charge >= 0.3 is 11.9 Å². The van der Waals surface area contributed by atoms with Gasteiger partial charge in [-0.3, -0.25) is 9.78 Å². The second kappa shape index (κ2) is 7.08. The Labute approximate surface area is 129 Å². The van der Waals surface area contributed by atoms with Gasteiger partial charge in [-0.05, 0) is 36.4 Å². The van der Waals surface area contributed by atoms with E-state index in [-0.39, 0.29) is 11.1 Å². The monoisotopic (exact) mass is 326 g/mol. The predicted molar refractivity (Wildman–Crippen MR) is 74.8 cm³/mol. The van der Waals surface area contributed by atoms with Crippen LogP contribution in [0, 0.1) is 0 Å². The molecule has 108 valence electrons. The van der Waals surface area contributed by atoms with Gasteiger partial charge in [0, 0.05) is 15.1 Å². The number of hydrogen-bond acceptors (Lipinski definition) is 5. The first-order valence-electron chi connectivity index (χ1n) is 5.67. The molecule has 2 aromatic rings. The van der Waals surface area contributed by atoms with Crippen LogP contribution in [0.4, 0.5) is 0 Å². The van der Waals surface area contributed by atoms with E-state index >= 15 is 0 Å². The molecule has 21 heavy (non-hydrogen) atoms. The molecule has 0 bridgehead atoms. The van der Waals surface area contributed by atoms with E-state index in [1.165, 1.54) is 24.3 Å². The lowest BCUT2D eigenvalue weighted by molar-refractivity contribution is -0.446. The van der Waals surface area contributed by atoms with Gasteiger partial charge in [0.25, 0.3) is 0 Å². The zero-order valence-corrected chi connectivity index (χ0v) is 11.9. The quantitative estimate of drug-likeness (QED) is 0.630. The third kappa shape index (κ3) is 4.46. The summed E-state index contributed by atoms with van der Waals surface area (Å²) in [6, 6.07) is 12.0. The summed E-state index contributed by atoms with van der Waals surface area (Å²) in [6.07, 6.45) is 0. The molecule has 0 aliphatic carbocycles. The fourth-order valence-electron chi connectivity index (χ4n) is 1.41. The van der Waals surface area contributed by atoms with Crippen molar-refractivity contribution in [3.8, 4) is 0 Å². The molecule has 0 amide bonds. The molecule has 0 spiro atoms. The van der Waals surface area contributed by atoms with Gasteiger partial charge in [-0.1, -0.05) is 35.3 Å². The van der Waals surface area contributed by atoms with Crippen LogP contribution in [0.1, 0.15) is 20.7 Å². The van der Waals surface area contributed by atoms with Crippen LogP contribution in [-0.2, 0) is 14.8 Å². The van der Waals surface area contributed by atoms with Crippen LogP contribution in [0.5, 0.6) is 0 Å². The number of halogens is 2. The van der Waals surface area contributed by atoms with Crippen LogP contribution in [0.2, 0.25) is 10.0 Å². The lowest BCUT2D eigenvalue weighted by atomic mass is 10.2. The smallest absolute Gasteiger partial charge is 0.254 e. The van der Waals surface area contributed by atoms with Crippen molar-refractivity contribution < 1.29 is 24.4 Å². The van der Waals surface area contributed by atoms with E-state index in [0.29, 0.717) is 10.0 Å². The van der Waals surface area contributed by atoms with Gasteiger partial charge in [-0.2, -0.15) is 0 Å². The van der Waals surface area contributed by atoms with Crippen LogP contribution in [0.25, 0.3) is 0 Å². The van der Waals surface area contributed by atoms with Gasteiger partial charge in [-0.25, -0.2) is 9.59 Å². The molecule has 5 nitrogen and oxygen atoms in total. The maximum Gasteiger partial charge on any atom is 0.377 e. The number of carbonyl (C=O) groups excluding carboxylic acids is 2. The van der Waals surface area contributed by atoms with Gasteiger partial charge in [0.15, 0.2) is 0 Å². The Kier molecular flexibility index (Phi) is 5.16. The highest BCUT2D eigenvalue weighted by Crippen LogP contribution is 2.13. The zero-order chi connectivity index (χ0) is 15.2. The summed E-state index contributed by atoms with van der Waals surface area (Å²) in [4.78, 5) is 31.8. The van der Waals surface area contributed by atoms with E-state index in [0.717, 1.165) is 0 Å². The molecule has 0 saturated carbocycles. The number of carbonyl (C=O) groups is 2. The molecule has 0 radical (unpaired) electrons. The molecule has 0 N–H and O–H groups in total. The molecule has 0 heterocycles. The minimum Gasteiger partial charge on any atom is -0.254 e. The summed E-state index contributed by atoms with van der Waals surface area (Å²) in [6.45, 7) is 0. The molecule has 0 aliphatic rings. The average Bonchev–Trinajstić information content (AvgIpc) is 2.47. The van der Waals surface area contributed by atoms with Gasteiger partial charge in [0.05, 0.1) is 11.1 Å². The first-order chi connectivity index (χ1) is 10.1. The number of rotatable bonds is 4. The van der Waals surface area contributed by atoms with Crippen molar-refractivity contribution in [2.45, 2.75) is 0 Å². The maximum atomic E-state index is 11.6. The van der Waals surface area contributed by atoms with Gasteiger partial charge in [-0.15, -0.1) is 0 Å². The summed E-state index contributed by atoms with van der Waals surface area (Å²) >= 11 is 11.4. The highest BCUT2D eigenvalue weighted by atomic mass is 35.5. The molecular weight excluding hydrogens is 319 g/mol. The Bertz CT molecular complexity index is 614. The Morgan fingerprint density at radius 3 is 1.57 bits per heavy atom. The lowest BCUT2D eigenvalue weighted by Gasteiger charge is -2.03. The van der Waals surface area contributed by atoms with Gasteiger partial charge in [0.2, 0.25) is 0 Å². The second-order valence-electron chi connectivity index (χ2n) is 3.83. The summed E-state index contributed by atoms with van der Waals surface area (Å²) < 4.78 is 0. The topological polar surface area (TPSA) is 61.8 Å². The summed E-state index contributed by atoms with van der Waals surface area (Å²) in [5, 5.41) is 4.88. The maximum absolute atomic E-state index is 11.6. The van der Waals surface area contributed by atoms with Crippen molar-refractivity contribution in [1.29, 1.82) is 0 Å². The van der Waals surface area contributed by atoms with E-state index in [1.54, 1.807) is 24.3 Å². The van der Waals surface area contributed by atoms with Crippen molar-refractivity contribution in [3.63, 3.8) is 0 Å². The standard InChI is InChI=1S/C14H8Cl2O5/c15-11-5-1-3-9(7-11)13(17)19-21-20-14(18)10-4-2-6-12(16)8-10/h1-8H.